The van der Waals surface area contributed by atoms with E-state index in [4.69, 9.17) is 4.52 Å². The highest BCUT2D eigenvalue weighted by atomic mass is 16.5. The third-order valence-corrected chi connectivity index (χ3v) is 5.97. The minimum Gasteiger partial charge on any atom is -0.356 e. The van der Waals surface area contributed by atoms with Crippen molar-refractivity contribution < 1.29 is 9.32 Å². The van der Waals surface area contributed by atoms with E-state index in [0.717, 1.165) is 52.3 Å². The van der Waals surface area contributed by atoms with Crippen molar-refractivity contribution in [3.63, 3.8) is 0 Å². The molecule has 2 aromatic carbocycles. The molecule has 1 fully saturated rings. The van der Waals surface area contributed by atoms with Crippen LogP contribution in [0.4, 0.5) is 5.82 Å². The Hall–Kier alpha value is -3.74. The average molecular weight is 428 g/mol. The number of fused-ring (bicyclic) bond motifs is 1. The molecule has 0 radical (unpaired) electrons. The lowest BCUT2D eigenvalue weighted by atomic mass is 10.1. The lowest BCUT2D eigenvalue weighted by Crippen LogP contribution is -2.49. The molecule has 0 aliphatic carbocycles. The van der Waals surface area contributed by atoms with Gasteiger partial charge in [-0.2, -0.15) is 0 Å². The molecule has 7 heteroatoms. The molecule has 4 aromatic rings. The summed E-state index contributed by atoms with van der Waals surface area (Å²) in [5, 5.41) is 5.12. The summed E-state index contributed by atoms with van der Waals surface area (Å²) in [7, 11) is 0. The molecular formula is C25H25N5O2. The largest absolute Gasteiger partial charge is 0.356 e. The first-order chi connectivity index (χ1) is 15.6. The van der Waals surface area contributed by atoms with E-state index >= 15 is 0 Å². The molecule has 5 rings (SSSR count). The van der Waals surface area contributed by atoms with E-state index in [2.05, 4.69) is 26.1 Å². The van der Waals surface area contributed by atoms with Gasteiger partial charge in [-0.05, 0) is 31.0 Å². The fourth-order valence-electron chi connectivity index (χ4n) is 4.29. The van der Waals surface area contributed by atoms with Crippen LogP contribution in [0.3, 0.4) is 0 Å². The van der Waals surface area contributed by atoms with E-state index in [1.807, 2.05) is 61.2 Å². The first-order valence-electron chi connectivity index (χ1n) is 10.8. The van der Waals surface area contributed by atoms with E-state index in [1.54, 1.807) is 6.33 Å². The molecule has 162 valence electrons. The van der Waals surface area contributed by atoms with E-state index in [0.29, 0.717) is 18.8 Å². The van der Waals surface area contributed by atoms with Crippen LogP contribution in [0, 0.1) is 13.8 Å². The Balaban J connectivity index is 1.25. The van der Waals surface area contributed by atoms with Gasteiger partial charge in [-0.25, -0.2) is 9.97 Å². The molecule has 0 unspecified atom stereocenters. The summed E-state index contributed by atoms with van der Waals surface area (Å²) >= 11 is 0. The van der Waals surface area contributed by atoms with Gasteiger partial charge in [-0.15, -0.1) is 0 Å². The predicted octanol–water partition coefficient (Wildman–Crippen LogP) is 3.79. The molecule has 0 bridgehead atoms. The van der Waals surface area contributed by atoms with Crippen molar-refractivity contribution in [2.75, 3.05) is 31.1 Å². The molecule has 1 saturated heterocycles. The van der Waals surface area contributed by atoms with Crippen molar-refractivity contribution in [2.45, 2.75) is 20.3 Å². The molecule has 2 aromatic heterocycles. The summed E-state index contributed by atoms with van der Waals surface area (Å²) in [5.41, 5.74) is 5.62. The summed E-state index contributed by atoms with van der Waals surface area (Å²) < 4.78 is 5.50. The molecule has 1 amide bonds. The van der Waals surface area contributed by atoms with E-state index in [1.165, 1.54) is 0 Å². The monoisotopic (exact) mass is 427 g/mol. The highest BCUT2D eigenvalue weighted by Gasteiger charge is 2.24. The van der Waals surface area contributed by atoms with Crippen LogP contribution in [-0.4, -0.2) is 52.1 Å². The number of carbonyl (C=O) groups excluding carboxylic acids is 1. The highest BCUT2D eigenvalue weighted by Crippen LogP contribution is 2.25. The Morgan fingerprint density at radius 1 is 1.00 bits per heavy atom. The molecule has 32 heavy (non-hydrogen) atoms. The van der Waals surface area contributed by atoms with Gasteiger partial charge in [0.2, 0.25) is 5.91 Å². The second-order valence-corrected chi connectivity index (χ2v) is 8.26. The molecule has 1 aliphatic rings. The maximum Gasteiger partial charge on any atom is 0.228 e. The van der Waals surface area contributed by atoms with Crippen LogP contribution in [-0.2, 0) is 11.2 Å². The van der Waals surface area contributed by atoms with Crippen molar-refractivity contribution in [2.24, 2.45) is 0 Å². The van der Waals surface area contributed by atoms with E-state index < -0.39 is 0 Å². The Labute approximate surface area is 186 Å². The van der Waals surface area contributed by atoms with Crippen molar-refractivity contribution in [1.29, 1.82) is 0 Å². The Morgan fingerprint density at radius 3 is 2.56 bits per heavy atom. The molecule has 1 aliphatic heterocycles. The number of anilines is 1. The third kappa shape index (κ3) is 3.93. The lowest BCUT2D eigenvalue weighted by Gasteiger charge is -2.35. The van der Waals surface area contributed by atoms with Gasteiger partial charge < -0.3 is 14.3 Å². The second-order valence-electron chi connectivity index (χ2n) is 8.26. The minimum atomic E-state index is 0.0756. The van der Waals surface area contributed by atoms with Crippen molar-refractivity contribution in [1.82, 2.24) is 20.0 Å². The maximum atomic E-state index is 13.0. The number of piperazine rings is 1. The normalized spacial score (nSPS) is 14.2. The van der Waals surface area contributed by atoms with Crippen molar-refractivity contribution >= 4 is 22.7 Å². The fraction of sp³-hybridized carbons (Fsp3) is 0.280. The molecule has 3 heterocycles. The van der Waals surface area contributed by atoms with Crippen LogP contribution in [0.2, 0.25) is 0 Å². The topological polar surface area (TPSA) is 75.4 Å². The fourth-order valence-corrected chi connectivity index (χ4v) is 4.29. The summed E-state index contributed by atoms with van der Waals surface area (Å²) in [4.78, 5) is 25.9. The first kappa shape index (κ1) is 20.2. The van der Waals surface area contributed by atoms with Crippen LogP contribution in [0.25, 0.3) is 22.2 Å². The number of aryl methyl sites for hydroxylation is 2. The van der Waals surface area contributed by atoms with Gasteiger partial charge in [0.05, 0.1) is 12.1 Å². The number of rotatable bonds is 4. The van der Waals surface area contributed by atoms with Crippen LogP contribution in [0.5, 0.6) is 0 Å². The summed E-state index contributed by atoms with van der Waals surface area (Å²) in [6.07, 6.45) is 1.86. The second kappa shape index (κ2) is 8.42. The summed E-state index contributed by atoms with van der Waals surface area (Å²) in [6, 6.07) is 16.2. The minimum absolute atomic E-state index is 0.0756. The maximum absolute atomic E-state index is 13.0. The Bertz CT molecular complexity index is 1260. The summed E-state index contributed by atoms with van der Waals surface area (Å²) in [5.74, 6) is 0.964. The van der Waals surface area contributed by atoms with Gasteiger partial charge in [0.1, 0.15) is 17.8 Å². The number of hydrogen-bond donors (Lipinski definition) is 0. The SMILES string of the molecule is Cc1cc(C)c2onc(CC(=O)N3CCN(c4cc(-c5ccccc5)ncn4)CC3)c2c1. The van der Waals surface area contributed by atoms with E-state index in [-0.39, 0.29) is 12.3 Å². The number of hydrogen-bond acceptors (Lipinski definition) is 6. The van der Waals surface area contributed by atoms with Gasteiger partial charge in [0.25, 0.3) is 0 Å². The van der Waals surface area contributed by atoms with Gasteiger partial charge >= 0.3 is 0 Å². The lowest BCUT2D eigenvalue weighted by molar-refractivity contribution is -0.130. The van der Waals surface area contributed by atoms with E-state index in [9.17, 15) is 4.79 Å². The van der Waals surface area contributed by atoms with Gasteiger partial charge in [0, 0.05) is 43.2 Å². The van der Waals surface area contributed by atoms with Crippen LogP contribution >= 0.6 is 0 Å². The average Bonchev–Trinajstić information content (AvgIpc) is 3.22. The number of carbonyl (C=O) groups is 1. The smallest absolute Gasteiger partial charge is 0.228 e. The quantitative estimate of drug-likeness (QED) is 0.493. The third-order valence-electron chi connectivity index (χ3n) is 5.97. The zero-order chi connectivity index (χ0) is 22.1. The van der Waals surface area contributed by atoms with Crippen LogP contribution in [0.1, 0.15) is 16.8 Å². The van der Waals surface area contributed by atoms with Crippen molar-refractivity contribution in [3.8, 4) is 11.3 Å². The number of aromatic nitrogens is 3. The molecular weight excluding hydrogens is 402 g/mol. The zero-order valence-electron chi connectivity index (χ0n) is 18.3. The van der Waals surface area contributed by atoms with Crippen LogP contribution in [0.15, 0.2) is 59.4 Å². The van der Waals surface area contributed by atoms with Crippen LogP contribution < -0.4 is 4.90 Å². The zero-order valence-corrected chi connectivity index (χ0v) is 18.3. The highest BCUT2D eigenvalue weighted by molar-refractivity contribution is 5.88. The molecule has 0 atom stereocenters. The summed E-state index contributed by atoms with van der Waals surface area (Å²) in [6.45, 7) is 6.81. The van der Waals surface area contributed by atoms with Gasteiger partial charge in [-0.3, -0.25) is 4.79 Å². The first-order valence-corrected chi connectivity index (χ1v) is 10.8. The molecule has 0 N–H and O–H groups in total. The number of nitrogens with zero attached hydrogens (tertiary/aromatic N) is 5. The Morgan fingerprint density at radius 2 is 1.78 bits per heavy atom. The number of benzene rings is 2. The Kier molecular flexibility index (Phi) is 5.31. The molecule has 0 saturated carbocycles. The van der Waals surface area contributed by atoms with Crippen molar-refractivity contribution in [3.05, 3.63) is 71.7 Å². The van der Waals surface area contributed by atoms with Gasteiger partial charge in [0.15, 0.2) is 5.58 Å². The molecule has 7 nitrogen and oxygen atoms in total. The van der Waals surface area contributed by atoms with Gasteiger partial charge in [-0.1, -0.05) is 41.6 Å². The standard InChI is InChI=1S/C25H25N5O2/c1-17-12-18(2)25-20(13-17)22(28-32-25)15-24(31)30-10-8-29(9-11-30)23-14-21(26-16-27-23)19-6-4-3-5-7-19/h3-7,12-14,16H,8-11,15H2,1-2H3. The number of amides is 1. The molecule has 0 spiro atoms. The predicted molar refractivity (Wildman–Crippen MR) is 123 cm³/mol.